The van der Waals surface area contributed by atoms with Crippen molar-refractivity contribution in [2.24, 2.45) is 12.0 Å². The normalized spacial score (nSPS) is 11.6. The van der Waals surface area contributed by atoms with E-state index in [2.05, 4.69) is 62.1 Å². The summed E-state index contributed by atoms with van der Waals surface area (Å²) in [5.74, 6) is -6.98. The number of carbonyl (C=O) groups excluding carboxylic acids is 5. The lowest BCUT2D eigenvalue weighted by Crippen LogP contribution is -2.23. The van der Waals surface area contributed by atoms with Crippen molar-refractivity contribution in [2.75, 3.05) is 21.3 Å². The molecule has 20 rings (SSSR count). The van der Waals surface area contributed by atoms with Crippen LogP contribution in [0.25, 0.3) is 94.7 Å². The number of hydrogen-bond acceptors (Lipinski definition) is 18. The van der Waals surface area contributed by atoms with Gasteiger partial charge in [-0.2, -0.15) is 0 Å². The molecular weight excluding hydrogens is 2050 g/mol. The topological polar surface area (TPSA) is 395 Å². The molecule has 10 aromatic carbocycles. The zero-order valence-corrected chi connectivity index (χ0v) is 82.8. The molecule has 140 heavy (non-hydrogen) atoms. The second-order valence-electron chi connectivity index (χ2n) is 31.7. The molecule has 11 N–H and O–H groups in total. The maximum Gasteiger partial charge on any atom is 0.339 e. The lowest BCUT2D eigenvalue weighted by molar-refractivity contribution is -0.115. The lowest BCUT2D eigenvalue weighted by atomic mass is 9.99. The molecule has 36 heteroatoms. The molecule has 25 nitrogen and oxygen atoms in total. The van der Waals surface area contributed by atoms with Crippen LogP contribution in [0.3, 0.4) is 0 Å². The molecule has 8 aromatic heterocycles. The first-order valence-corrected chi connectivity index (χ1v) is 49.2. The number of anilines is 4. The average molecular weight is 2120 g/mol. The van der Waals surface area contributed by atoms with E-state index in [0.717, 1.165) is 105 Å². The number of hydrogen-bond donors (Lipinski definition) is 11. The number of aliphatic imine (C=N–C) groups is 1. The minimum Gasteiger partial charge on any atom is -0.478 e. The molecule has 0 unspecified atom stereocenters. The van der Waals surface area contributed by atoms with Gasteiger partial charge in [0.05, 0.1) is 38.3 Å². The largest absolute Gasteiger partial charge is 0.478 e. The van der Waals surface area contributed by atoms with Gasteiger partial charge in [-0.1, -0.05) is 201 Å². The third kappa shape index (κ3) is 22.1. The quantitative estimate of drug-likeness (QED) is 0.0318. The van der Waals surface area contributed by atoms with Crippen molar-refractivity contribution in [3.63, 3.8) is 0 Å². The summed E-state index contributed by atoms with van der Waals surface area (Å²) in [5.41, 5.74) is 18.8. The van der Waals surface area contributed by atoms with E-state index in [4.69, 9.17) is 58.0 Å². The number of aromatic carboxylic acids is 5. The van der Waals surface area contributed by atoms with Gasteiger partial charge in [0.1, 0.15) is 53.7 Å². The van der Waals surface area contributed by atoms with E-state index in [1.807, 2.05) is 166 Å². The molecule has 0 saturated heterocycles. The highest BCUT2D eigenvalue weighted by molar-refractivity contribution is 9.10. The fraction of sp³-hybridized carbons (Fsp3) is 0.0673. The Balaban J connectivity index is 0.000000126. The van der Waals surface area contributed by atoms with Gasteiger partial charge < -0.3 is 61.3 Å². The maximum absolute atomic E-state index is 12.9. The van der Waals surface area contributed by atoms with Gasteiger partial charge in [0.15, 0.2) is 17.4 Å². The van der Waals surface area contributed by atoms with Crippen LogP contribution in [-0.2, 0) is 35.9 Å². The van der Waals surface area contributed by atoms with Crippen LogP contribution >= 0.6 is 131 Å². The number of aromatic amines is 2. The first-order chi connectivity index (χ1) is 67.2. The van der Waals surface area contributed by atoms with Crippen LogP contribution in [0, 0.1) is 20.8 Å². The molecule has 0 atom stereocenters. The molecule has 700 valence electrons. The van der Waals surface area contributed by atoms with Crippen LogP contribution in [-0.4, -0.2) is 115 Å². The minimum atomic E-state index is -1.12. The number of fused-ring (bicyclic) bond motifs is 5. The molecule has 18 aromatic rings. The molecule has 9 heterocycles. The highest BCUT2D eigenvalue weighted by Gasteiger charge is 2.32. The Hall–Kier alpha value is -14.6. The summed E-state index contributed by atoms with van der Waals surface area (Å²) < 4.78 is 2.59. The summed E-state index contributed by atoms with van der Waals surface area (Å²) in [4.78, 5) is 142. The van der Waals surface area contributed by atoms with Crippen LogP contribution < -0.4 is 21.3 Å². The van der Waals surface area contributed by atoms with Gasteiger partial charge in [-0.15, -0.1) is 56.7 Å². The van der Waals surface area contributed by atoms with Crippen molar-refractivity contribution in [2.45, 2.75) is 40.0 Å². The molecular formula is C104H72BrCl5N10O15S5. The fourth-order valence-electron chi connectivity index (χ4n) is 15.5. The van der Waals surface area contributed by atoms with E-state index in [1.165, 1.54) is 34.0 Å². The summed E-state index contributed by atoms with van der Waals surface area (Å²) in [6, 6.07) is 67.2. The van der Waals surface area contributed by atoms with Crippen molar-refractivity contribution in [3.05, 3.63) is 370 Å². The van der Waals surface area contributed by atoms with Crippen molar-refractivity contribution >= 4 is 260 Å². The smallest absolute Gasteiger partial charge is 0.339 e. The fourth-order valence-corrected chi connectivity index (χ4v) is 21.7. The summed E-state index contributed by atoms with van der Waals surface area (Å²) in [6.07, 6.45) is 2.84. The Morgan fingerprint density at radius 2 is 0.850 bits per heavy atom. The zero-order valence-electron chi connectivity index (χ0n) is 73.4. The predicted octanol–water partition coefficient (Wildman–Crippen LogP) is 27.5. The number of nitrogens with one attached hydrogen (secondary N) is 6. The number of allylic oxidation sites excluding steroid dienone is 1. The predicted molar refractivity (Wildman–Crippen MR) is 562 cm³/mol. The maximum atomic E-state index is 12.9. The number of halogens is 6. The van der Waals surface area contributed by atoms with Crippen molar-refractivity contribution in [1.82, 2.24) is 24.5 Å². The second kappa shape index (κ2) is 42.8. The number of aromatic nitrogens is 5. The number of imidazole rings is 2. The van der Waals surface area contributed by atoms with Crippen LogP contribution in [0.15, 0.2) is 266 Å². The first-order valence-electron chi connectivity index (χ1n) is 42.1. The molecule has 2 aliphatic rings. The highest BCUT2D eigenvalue weighted by Crippen LogP contribution is 2.44. The zero-order chi connectivity index (χ0) is 99.2. The van der Waals surface area contributed by atoms with Gasteiger partial charge in [0, 0.05) is 122 Å². The molecule has 0 fully saturated rings. The van der Waals surface area contributed by atoms with E-state index >= 15 is 0 Å². The van der Waals surface area contributed by atoms with Crippen LogP contribution in [0.1, 0.15) is 122 Å². The third-order valence-corrected chi connectivity index (χ3v) is 28.7. The summed E-state index contributed by atoms with van der Waals surface area (Å²) >= 11 is 39.7. The van der Waals surface area contributed by atoms with Gasteiger partial charge in [0.25, 0.3) is 23.6 Å². The molecule has 1 aliphatic carbocycles. The number of nitrogens with zero attached hydrogens (tertiary/aromatic N) is 4. The van der Waals surface area contributed by atoms with Crippen LogP contribution in [0.2, 0.25) is 25.1 Å². The van der Waals surface area contributed by atoms with E-state index in [-0.39, 0.29) is 67.6 Å². The van der Waals surface area contributed by atoms with E-state index in [0.29, 0.717) is 120 Å². The molecule has 0 bridgehead atoms. The average Bonchev–Trinajstić information content (AvgIpc) is 1.62. The Morgan fingerprint density at radius 1 is 0.414 bits per heavy atom. The number of thiophene rings is 5. The minimum absolute atomic E-state index is 0.0341. The summed E-state index contributed by atoms with van der Waals surface area (Å²) in [5, 5.41) is 72.8. The Morgan fingerprint density at radius 3 is 1.36 bits per heavy atom. The highest BCUT2D eigenvalue weighted by atomic mass is 79.9. The van der Waals surface area contributed by atoms with Crippen molar-refractivity contribution in [3.8, 4) is 55.6 Å². The number of ketones is 1. The third-order valence-electron chi connectivity index (χ3n) is 22.3. The number of aryl methyl sites for hydroxylation is 4. The monoisotopic (exact) mass is 2110 g/mol. The number of rotatable bonds is 21. The number of carbonyl (C=O) groups is 10. The standard InChI is InChI=1S/C23H16Cl2O3S.C22H17ClN2O3S.C20H13BrN2O3S.C20H14ClN3O3S.C19H12ClN3O3S/c1-12-6-14-8-15(9-17(14)19(25)7-12)20(26)10-21-22(23(27)28)18(11-29-21)13-2-4-16(24)5-3-13;1-11-3-5-13(6-4-11)15-10-29-21(19(15)22(27)28)25-20(26)18-9-14-16(23)7-12(2)8-17(14)24-18;21-13-7-5-11(6-8-13)14-10-27-19(17(14)20(25)26)23-18(24)16-9-12-3-1-2-4-15(12)22-16;1-24-15-5-3-2-4-14(15)22-17(24)18(25)23-19-16(20(26)27)13(10-28-19)11-6-8-12(21)9-7-11;20-11-7-5-10(6-8-11)12-9-27-18(15(12)19(25)26)23-17(24)16-21-13-3-1-2-4-14(13)22-16/h2-7,9,11H,8,10H2,1H3,(H,27,28);3-10,24H,1-2H3,(H,25,26)(H,27,28);1-8,10H,9H2,(H,23,24)(H,25,26);2-10H,1H3,(H,23,25)(H,26,27);1-9H,(H,21,22)(H,23,24)(H,25,26). The number of H-pyrrole nitrogens is 2. The summed E-state index contributed by atoms with van der Waals surface area (Å²) in [7, 11) is 1.75. The van der Waals surface area contributed by atoms with Crippen molar-refractivity contribution in [1.29, 1.82) is 0 Å². The second-order valence-corrected chi connectivity index (χ2v) is 39.2. The van der Waals surface area contributed by atoms with Crippen LogP contribution in [0.5, 0.6) is 0 Å². The number of benzene rings is 10. The molecule has 0 radical (unpaired) electrons. The molecule has 1 aliphatic heterocycles. The molecule has 0 saturated carbocycles. The first kappa shape index (κ1) is 98.5. The van der Waals surface area contributed by atoms with E-state index in [9.17, 15) is 73.5 Å². The summed E-state index contributed by atoms with van der Waals surface area (Å²) in [6.45, 7) is 5.85. The molecule has 4 amide bonds. The van der Waals surface area contributed by atoms with Gasteiger partial charge in [-0.05, 0) is 191 Å². The Labute approximate surface area is 849 Å². The molecule has 0 spiro atoms. The van der Waals surface area contributed by atoms with Gasteiger partial charge in [0.2, 0.25) is 0 Å². The van der Waals surface area contributed by atoms with Gasteiger partial charge in [-0.3, -0.25) is 24.0 Å². The lowest BCUT2D eigenvalue weighted by Gasteiger charge is -2.06. The number of amides is 4. The van der Waals surface area contributed by atoms with E-state index < -0.39 is 47.6 Å². The SMILES string of the molecule is Cc1cc(Cl)c2c(c1)CC(C(=O)Cc1scc(-c3ccc(Cl)cc3)c1C(=O)O)=C2.Cc1ccc(-c2csc(NC(=O)c3cc4c(Cl)cc(C)cc4[nH]3)c2C(=O)O)cc1.Cn1c(C(=O)Nc2scc(-c3ccc(Cl)cc3)c2C(=O)O)nc2ccccc21.O=C(Nc1scc(-c2ccc(Br)cc2)c1C(=O)O)C1=Nc2ccccc2C1.O=C(Nc1scc(-c2ccc(Cl)cc2)c1C(=O)O)c1nc2ccccc2[nH]1. The number of para-hydroxylation sites is 5. The van der Waals surface area contributed by atoms with Gasteiger partial charge >= 0.3 is 29.8 Å². The number of carboxylic acids is 5. The Kier molecular flexibility index (Phi) is 30.1. The number of Topliss-reactive ketones (excluding diaryl/α,β-unsaturated/α-hetero) is 1. The van der Waals surface area contributed by atoms with Gasteiger partial charge in [-0.25, -0.2) is 38.9 Å². The number of carboxylic acid groups (broad SMARTS) is 5. The van der Waals surface area contributed by atoms with Crippen molar-refractivity contribution < 1.29 is 73.5 Å². The Bertz CT molecular complexity index is 8040. The van der Waals surface area contributed by atoms with E-state index in [1.54, 1.807) is 123 Å². The van der Waals surface area contributed by atoms with Crippen LogP contribution in [0.4, 0.5) is 25.7 Å².